The van der Waals surface area contributed by atoms with Crippen molar-refractivity contribution in [1.29, 1.82) is 0 Å². The molecule has 2 rings (SSSR count). The second-order valence-corrected chi connectivity index (χ2v) is 6.06. The van der Waals surface area contributed by atoms with Gasteiger partial charge in [0.15, 0.2) is 0 Å². The maximum Gasteiger partial charge on any atom is 0.320 e. The molecular formula is C15H18ClFN4O2. The number of nitrogens with zero attached hydrogens (tertiary/aromatic N) is 3. The zero-order valence-electron chi connectivity index (χ0n) is 12.8. The van der Waals surface area contributed by atoms with Gasteiger partial charge in [-0.1, -0.05) is 30.7 Å². The van der Waals surface area contributed by atoms with Gasteiger partial charge in [-0.05, 0) is 30.5 Å². The van der Waals surface area contributed by atoms with Crippen molar-refractivity contribution in [3.8, 4) is 5.69 Å². The Labute approximate surface area is 138 Å². The third-order valence-corrected chi connectivity index (χ3v) is 3.53. The van der Waals surface area contributed by atoms with Crippen molar-refractivity contribution in [2.45, 2.75) is 32.9 Å². The summed E-state index contributed by atoms with van der Waals surface area (Å²) in [5.41, 5.74) is 1.07. The van der Waals surface area contributed by atoms with E-state index in [4.69, 9.17) is 11.6 Å². The summed E-state index contributed by atoms with van der Waals surface area (Å²) in [6.45, 7) is 4.19. The highest BCUT2D eigenvalue weighted by Crippen LogP contribution is 2.20. The molecule has 2 N–H and O–H groups in total. The Hall–Kier alpha value is -1.99. The highest BCUT2D eigenvalue weighted by molar-refractivity contribution is 6.32. The molecule has 0 saturated heterocycles. The Bertz CT molecular complexity index is 690. The summed E-state index contributed by atoms with van der Waals surface area (Å²) in [6, 6.07) is 3.33. The number of aromatic nitrogens is 3. The molecule has 23 heavy (non-hydrogen) atoms. The first-order chi connectivity index (χ1) is 10.9. The van der Waals surface area contributed by atoms with E-state index in [9.17, 15) is 14.3 Å². The molecule has 1 aromatic heterocycles. The summed E-state index contributed by atoms with van der Waals surface area (Å²) in [6.07, 6.45) is 2.15. The topological polar surface area (TPSA) is 80.0 Å². The van der Waals surface area contributed by atoms with Crippen LogP contribution < -0.4 is 5.32 Å². The Kier molecular flexibility index (Phi) is 5.68. The predicted octanol–water partition coefficient (Wildman–Crippen LogP) is 2.65. The van der Waals surface area contributed by atoms with E-state index in [0.29, 0.717) is 17.8 Å². The summed E-state index contributed by atoms with van der Waals surface area (Å²) in [7, 11) is 0. The lowest BCUT2D eigenvalue weighted by atomic mass is 10.0. The average Bonchev–Trinajstić information content (AvgIpc) is 2.91. The summed E-state index contributed by atoms with van der Waals surface area (Å²) < 4.78 is 14.5. The number of carboxylic acid groups (broad SMARTS) is 1. The zero-order chi connectivity index (χ0) is 17.0. The molecule has 0 saturated carbocycles. The fourth-order valence-corrected chi connectivity index (χ4v) is 2.39. The predicted molar refractivity (Wildman–Crippen MR) is 84.0 cm³/mol. The van der Waals surface area contributed by atoms with Crippen molar-refractivity contribution in [2.75, 3.05) is 0 Å². The molecule has 0 aliphatic heterocycles. The van der Waals surface area contributed by atoms with E-state index in [1.54, 1.807) is 6.20 Å². The molecule has 0 radical (unpaired) electrons. The minimum atomic E-state index is -0.896. The number of aliphatic carboxylic acids is 1. The Morgan fingerprint density at radius 2 is 2.22 bits per heavy atom. The molecule has 0 spiro atoms. The number of carbonyl (C=O) groups is 1. The second-order valence-electron chi connectivity index (χ2n) is 5.65. The monoisotopic (exact) mass is 340 g/mol. The van der Waals surface area contributed by atoms with Crippen LogP contribution in [0.15, 0.2) is 24.4 Å². The molecule has 8 heteroatoms. The van der Waals surface area contributed by atoms with Crippen LogP contribution in [0, 0.1) is 11.7 Å². The highest BCUT2D eigenvalue weighted by Gasteiger charge is 2.18. The van der Waals surface area contributed by atoms with E-state index in [-0.39, 0.29) is 17.5 Å². The van der Waals surface area contributed by atoms with Crippen LogP contribution in [0.3, 0.4) is 0 Å². The molecule has 1 unspecified atom stereocenters. The number of halogens is 2. The summed E-state index contributed by atoms with van der Waals surface area (Å²) in [5, 5.41) is 20.3. The van der Waals surface area contributed by atoms with Gasteiger partial charge in [-0.3, -0.25) is 10.1 Å². The lowest BCUT2D eigenvalue weighted by Gasteiger charge is -2.15. The fourth-order valence-electron chi connectivity index (χ4n) is 2.13. The number of carboxylic acids is 1. The molecule has 0 aliphatic carbocycles. The van der Waals surface area contributed by atoms with Gasteiger partial charge >= 0.3 is 5.97 Å². The number of nitrogens with one attached hydrogen (secondary N) is 1. The number of rotatable bonds is 7. The van der Waals surface area contributed by atoms with Crippen LogP contribution in [-0.4, -0.2) is 32.1 Å². The van der Waals surface area contributed by atoms with Crippen molar-refractivity contribution < 1.29 is 14.3 Å². The van der Waals surface area contributed by atoms with Crippen molar-refractivity contribution in [3.63, 3.8) is 0 Å². The van der Waals surface area contributed by atoms with Gasteiger partial charge in [0.2, 0.25) is 0 Å². The highest BCUT2D eigenvalue weighted by atomic mass is 35.5. The summed E-state index contributed by atoms with van der Waals surface area (Å²) in [5.74, 6) is -1.07. The lowest BCUT2D eigenvalue weighted by molar-refractivity contribution is -0.140. The van der Waals surface area contributed by atoms with Gasteiger partial charge in [-0.15, -0.1) is 5.10 Å². The molecule has 2 aromatic rings. The Morgan fingerprint density at radius 1 is 1.48 bits per heavy atom. The molecular weight excluding hydrogens is 323 g/mol. The summed E-state index contributed by atoms with van der Waals surface area (Å²) >= 11 is 5.98. The van der Waals surface area contributed by atoms with Gasteiger partial charge in [0.1, 0.15) is 11.9 Å². The number of benzene rings is 1. The van der Waals surface area contributed by atoms with Crippen molar-refractivity contribution in [3.05, 3.63) is 40.9 Å². The van der Waals surface area contributed by atoms with Crippen molar-refractivity contribution in [2.24, 2.45) is 5.92 Å². The quantitative estimate of drug-likeness (QED) is 0.810. The van der Waals surface area contributed by atoms with Crippen LogP contribution in [0.2, 0.25) is 5.02 Å². The second kappa shape index (κ2) is 7.52. The molecule has 0 amide bonds. The first-order valence-corrected chi connectivity index (χ1v) is 7.57. The molecule has 124 valence electrons. The van der Waals surface area contributed by atoms with Gasteiger partial charge in [-0.2, -0.15) is 0 Å². The van der Waals surface area contributed by atoms with Crippen molar-refractivity contribution in [1.82, 2.24) is 20.3 Å². The van der Waals surface area contributed by atoms with E-state index < -0.39 is 17.8 Å². The minimum absolute atomic E-state index is 0.220. The van der Waals surface area contributed by atoms with Crippen LogP contribution in [0.25, 0.3) is 5.69 Å². The third kappa shape index (κ3) is 4.74. The smallest absolute Gasteiger partial charge is 0.320 e. The molecule has 1 heterocycles. The van der Waals surface area contributed by atoms with E-state index >= 15 is 0 Å². The normalized spacial score (nSPS) is 12.6. The van der Waals surface area contributed by atoms with Gasteiger partial charge in [0.05, 0.1) is 22.6 Å². The standard InChI is InChI=1S/C15H18ClFN4O2/c1-9(2)5-13(15(22)23)18-7-11-8-21(20-19-11)14-4-3-10(17)6-12(14)16/h3-4,6,8-9,13,18H,5,7H2,1-2H3,(H,22,23). The molecule has 1 aromatic carbocycles. The van der Waals surface area contributed by atoms with E-state index in [1.165, 1.54) is 22.9 Å². The number of hydrogen-bond donors (Lipinski definition) is 2. The molecule has 0 fully saturated rings. The lowest BCUT2D eigenvalue weighted by Crippen LogP contribution is -2.37. The van der Waals surface area contributed by atoms with Crippen LogP contribution in [0.5, 0.6) is 0 Å². The van der Waals surface area contributed by atoms with Gasteiger partial charge in [-0.25, -0.2) is 9.07 Å². The van der Waals surface area contributed by atoms with Crippen LogP contribution in [0.4, 0.5) is 4.39 Å². The van der Waals surface area contributed by atoms with Gasteiger partial charge in [0.25, 0.3) is 0 Å². The van der Waals surface area contributed by atoms with Crippen molar-refractivity contribution >= 4 is 17.6 Å². The molecule has 0 bridgehead atoms. The minimum Gasteiger partial charge on any atom is -0.480 e. The van der Waals surface area contributed by atoms with Crippen LogP contribution in [0.1, 0.15) is 26.0 Å². The maximum atomic E-state index is 13.1. The number of hydrogen-bond acceptors (Lipinski definition) is 4. The Balaban J connectivity index is 2.06. The molecule has 6 nitrogen and oxygen atoms in total. The largest absolute Gasteiger partial charge is 0.480 e. The zero-order valence-corrected chi connectivity index (χ0v) is 13.6. The van der Waals surface area contributed by atoms with Crippen LogP contribution in [-0.2, 0) is 11.3 Å². The van der Waals surface area contributed by atoms with Gasteiger partial charge in [0, 0.05) is 6.54 Å². The first-order valence-electron chi connectivity index (χ1n) is 7.19. The third-order valence-electron chi connectivity index (χ3n) is 3.23. The summed E-state index contributed by atoms with van der Waals surface area (Å²) in [4.78, 5) is 11.2. The van der Waals surface area contributed by atoms with E-state index in [1.807, 2.05) is 13.8 Å². The first kappa shape index (κ1) is 17.4. The maximum absolute atomic E-state index is 13.1. The average molecular weight is 341 g/mol. The SMILES string of the molecule is CC(C)CC(NCc1cn(-c2ccc(F)cc2Cl)nn1)C(=O)O. The molecule has 0 aliphatic rings. The van der Waals surface area contributed by atoms with Gasteiger partial charge < -0.3 is 5.11 Å². The van der Waals surface area contributed by atoms with E-state index in [2.05, 4.69) is 15.6 Å². The molecule has 1 atom stereocenters. The van der Waals surface area contributed by atoms with Crippen LogP contribution >= 0.6 is 11.6 Å². The Morgan fingerprint density at radius 3 is 2.83 bits per heavy atom. The van der Waals surface area contributed by atoms with E-state index in [0.717, 1.165) is 0 Å². The fraction of sp³-hybridized carbons (Fsp3) is 0.400.